The second-order valence-corrected chi connectivity index (χ2v) is 3.89. The van der Waals surface area contributed by atoms with Gasteiger partial charge in [0.2, 0.25) is 0 Å². The first kappa shape index (κ1) is 13.9. The Balaban J connectivity index is 2.72. The number of hydrogen-bond donors (Lipinski definition) is 3. The van der Waals surface area contributed by atoms with Crippen molar-refractivity contribution in [3.8, 4) is 0 Å². The molecule has 0 saturated carbocycles. The Morgan fingerprint density at radius 1 is 1.41 bits per heavy atom. The van der Waals surface area contributed by atoms with Gasteiger partial charge in [0.1, 0.15) is 5.02 Å². The van der Waals surface area contributed by atoms with Gasteiger partial charge in [0.15, 0.2) is 0 Å². The average Bonchev–Trinajstić information content (AvgIpc) is 2.32. The molecule has 0 heterocycles. The third-order valence-electron chi connectivity index (χ3n) is 2.24. The van der Waals surface area contributed by atoms with E-state index >= 15 is 0 Å². The van der Waals surface area contributed by atoms with Crippen LogP contribution in [0.5, 0.6) is 0 Å². The summed E-state index contributed by atoms with van der Waals surface area (Å²) in [5, 5.41) is 31.3. The molecule has 0 aromatic heterocycles. The first-order valence-electron chi connectivity index (χ1n) is 4.96. The lowest BCUT2D eigenvalue weighted by atomic mass is 10.2. The molecule has 0 unspecified atom stereocenters. The van der Waals surface area contributed by atoms with Crippen LogP contribution in [0.3, 0.4) is 0 Å². The fourth-order valence-electron chi connectivity index (χ4n) is 1.26. The summed E-state index contributed by atoms with van der Waals surface area (Å²) >= 11 is 5.67. The van der Waals surface area contributed by atoms with Crippen LogP contribution in [0.4, 0.5) is 5.69 Å². The summed E-state index contributed by atoms with van der Waals surface area (Å²) in [6, 6.07) is 4.02. The van der Waals surface area contributed by atoms with Crippen molar-refractivity contribution < 1.29 is 15.1 Å². The molecule has 0 fully saturated rings. The number of aliphatic hydroxyl groups is 2. The maximum Gasteiger partial charge on any atom is 0.288 e. The van der Waals surface area contributed by atoms with Gasteiger partial charge in [0, 0.05) is 12.6 Å². The summed E-state index contributed by atoms with van der Waals surface area (Å²) in [5.74, 6) is 0. The lowest BCUT2D eigenvalue weighted by Crippen LogP contribution is -2.35. The second-order valence-electron chi connectivity index (χ2n) is 3.49. The summed E-state index contributed by atoms with van der Waals surface area (Å²) in [4.78, 5) is 10.1. The predicted molar refractivity (Wildman–Crippen MR) is 62.9 cm³/mol. The highest BCUT2D eigenvalue weighted by Gasteiger charge is 2.13. The molecule has 0 atom stereocenters. The highest BCUT2D eigenvalue weighted by molar-refractivity contribution is 6.32. The monoisotopic (exact) mass is 260 g/mol. The van der Waals surface area contributed by atoms with Gasteiger partial charge in [0.25, 0.3) is 5.69 Å². The molecule has 0 amide bonds. The highest BCUT2D eigenvalue weighted by Crippen LogP contribution is 2.24. The van der Waals surface area contributed by atoms with Crippen LogP contribution in [0.15, 0.2) is 18.2 Å². The number of aliphatic hydroxyl groups excluding tert-OH is 2. The van der Waals surface area contributed by atoms with Gasteiger partial charge in [0.05, 0.1) is 24.2 Å². The standard InChI is InChI=1S/C10H13ClN2O4/c11-9-2-1-7(3-10(9)13(16)17)4-12-8(5-14)6-15/h1-3,8,12,14-15H,4-6H2. The molecular formula is C10H13ClN2O4. The topological polar surface area (TPSA) is 95.6 Å². The smallest absolute Gasteiger partial charge is 0.288 e. The zero-order chi connectivity index (χ0) is 12.8. The Morgan fingerprint density at radius 2 is 2.06 bits per heavy atom. The number of hydrogen-bond acceptors (Lipinski definition) is 5. The van der Waals surface area contributed by atoms with E-state index in [1.54, 1.807) is 6.07 Å². The number of rotatable bonds is 6. The highest BCUT2D eigenvalue weighted by atomic mass is 35.5. The first-order chi connectivity index (χ1) is 8.08. The maximum atomic E-state index is 10.6. The molecular weight excluding hydrogens is 248 g/mol. The maximum absolute atomic E-state index is 10.6. The van der Waals surface area contributed by atoms with Crippen molar-refractivity contribution >= 4 is 17.3 Å². The summed E-state index contributed by atoms with van der Waals surface area (Å²) in [5.41, 5.74) is 0.503. The number of halogens is 1. The van der Waals surface area contributed by atoms with Crippen molar-refractivity contribution in [1.29, 1.82) is 0 Å². The van der Waals surface area contributed by atoms with Crippen molar-refractivity contribution in [2.24, 2.45) is 0 Å². The zero-order valence-corrected chi connectivity index (χ0v) is 9.72. The Morgan fingerprint density at radius 3 is 2.59 bits per heavy atom. The van der Waals surface area contributed by atoms with Gasteiger partial charge < -0.3 is 15.5 Å². The van der Waals surface area contributed by atoms with Gasteiger partial charge in [-0.2, -0.15) is 0 Å². The summed E-state index contributed by atoms with van der Waals surface area (Å²) in [6.07, 6.45) is 0. The van der Waals surface area contributed by atoms with Gasteiger partial charge in [-0.3, -0.25) is 10.1 Å². The normalized spacial score (nSPS) is 10.8. The Hall–Kier alpha value is -1.21. The Kier molecular flexibility index (Phi) is 5.30. The zero-order valence-electron chi connectivity index (χ0n) is 8.97. The fourth-order valence-corrected chi connectivity index (χ4v) is 1.44. The van der Waals surface area contributed by atoms with E-state index in [0.717, 1.165) is 0 Å². The molecule has 0 aliphatic rings. The molecule has 3 N–H and O–H groups in total. The molecule has 1 rings (SSSR count). The lowest BCUT2D eigenvalue weighted by molar-refractivity contribution is -0.384. The van der Waals surface area contributed by atoms with E-state index in [4.69, 9.17) is 21.8 Å². The van der Waals surface area contributed by atoms with Crippen LogP contribution >= 0.6 is 11.6 Å². The number of nitrogens with one attached hydrogen (secondary N) is 1. The van der Waals surface area contributed by atoms with Gasteiger partial charge in [-0.25, -0.2) is 0 Å². The molecule has 0 bridgehead atoms. The van der Waals surface area contributed by atoms with Crippen molar-refractivity contribution in [3.05, 3.63) is 38.9 Å². The largest absolute Gasteiger partial charge is 0.395 e. The van der Waals surface area contributed by atoms with Crippen molar-refractivity contribution in [3.63, 3.8) is 0 Å². The third kappa shape index (κ3) is 3.94. The third-order valence-corrected chi connectivity index (χ3v) is 2.56. The lowest BCUT2D eigenvalue weighted by Gasteiger charge is -2.13. The first-order valence-corrected chi connectivity index (χ1v) is 5.34. The molecule has 94 valence electrons. The Labute approximate surface area is 103 Å². The molecule has 0 spiro atoms. The second kappa shape index (κ2) is 6.51. The quantitative estimate of drug-likeness (QED) is 0.517. The number of nitro groups is 1. The molecule has 0 radical (unpaired) electrons. The van der Waals surface area contributed by atoms with Crippen molar-refractivity contribution in [1.82, 2.24) is 5.32 Å². The molecule has 1 aromatic carbocycles. The predicted octanol–water partition coefficient (Wildman–Crippen LogP) is 0.691. The van der Waals surface area contributed by atoms with Gasteiger partial charge in [-0.05, 0) is 11.6 Å². The van der Waals surface area contributed by atoms with Crippen molar-refractivity contribution in [2.75, 3.05) is 13.2 Å². The van der Waals surface area contributed by atoms with E-state index in [-0.39, 0.29) is 23.9 Å². The van der Waals surface area contributed by atoms with Crippen LogP contribution in [0.25, 0.3) is 0 Å². The molecule has 0 aliphatic heterocycles. The minimum absolute atomic E-state index is 0.0830. The van der Waals surface area contributed by atoms with Crippen LogP contribution < -0.4 is 5.32 Å². The van der Waals surface area contributed by atoms with E-state index in [0.29, 0.717) is 12.1 Å². The Bertz CT molecular complexity index is 396. The van der Waals surface area contributed by atoms with Gasteiger partial charge in [-0.1, -0.05) is 17.7 Å². The van der Waals surface area contributed by atoms with E-state index in [1.165, 1.54) is 12.1 Å². The molecule has 17 heavy (non-hydrogen) atoms. The van der Waals surface area contributed by atoms with Gasteiger partial charge >= 0.3 is 0 Å². The van der Waals surface area contributed by atoms with Crippen LogP contribution in [-0.4, -0.2) is 34.4 Å². The SMILES string of the molecule is O=[N+]([O-])c1cc(CNC(CO)CO)ccc1Cl. The summed E-state index contributed by atoms with van der Waals surface area (Å²) in [7, 11) is 0. The van der Waals surface area contributed by atoms with E-state index in [9.17, 15) is 10.1 Å². The molecule has 0 aliphatic carbocycles. The van der Waals surface area contributed by atoms with Gasteiger partial charge in [-0.15, -0.1) is 0 Å². The number of benzene rings is 1. The fraction of sp³-hybridized carbons (Fsp3) is 0.400. The molecule has 1 aromatic rings. The summed E-state index contributed by atoms with van der Waals surface area (Å²) in [6.45, 7) is -0.0951. The van der Waals surface area contributed by atoms with Crippen LogP contribution in [0, 0.1) is 10.1 Å². The van der Waals surface area contributed by atoms with Crippen LogP contribution in [0.1, 0.15) is 5.56 Å². The molecule has 6 nitrogen and oxygen atoms in total. The van der Waals surface area contributed by atoms with E-state index in [2.05, 4.69) is 5.32 Å². The minimum atomic E-state index is -0.554. The minimum Gasteiger partial charge on any atom is -0.395 e. The molecule has 0 saturated heterocycles. The van der Waals surface area contributed by atoms with E-state index < -0.39 is 11.0 Å². The number of nitrogens with zero attached hydrogens (tertiary/aromatic N) is 1. The molecule has 7 heteroatoms. The number of nitro benzene ring substituents is 1. The van der Waals surface area contributed by atoms with Crippen LogP contribution in [-0.2, 0) is 6.54 Å². The van der Waals surface area contributed by atoms with E-state index in [1.807, 2.05) is 0 Å². The average molecular weight is 261 g/mol. The summed E-state index contributed by atoms with van der Waals surface area (Å²) < 4.78 is 0. The van der Waals surface area contributed by atoms with Crippen molar-refractivity contribution in [2.45, 2.75) is 12.6 Å². The van der Waals surface area contributed by atoms with Crippen LogP contribution in [0.2, 0.25) is 5.02 Å².